The Labute approximate surface area is 104 Å². The van der Waals surface area contributed by atoms with Crippen LogP contribution in [0.2, 0.25) is 0 Å². The Morgan fingerprint density at radius 1 is 1.44 bits per heavy atom. The highest BCUT2D eigenvalue weighted by Gasteiger charge is 2.12. The second-order valence-electron chi connectivity index (χ2n) is 3.98. The van der Waals surface area contributed by atoms with Gasteiger partial charge < -0.3 is 5.73 Å². The molecule has 0 aliphatic heterocycles. The van der Waals surface area contributed by atoms with Gasteiger partial charge in [0, 0.05) is 11.3 Å². The van der Waals surface area contributed by atoms with Gasteiger partial charge in [-0.25, -0.2) is 4.98 Å². The molecule has 0 amide bonds. The van der Waals surface area contributed by atoms with Crippen molar-refractivity contribution in [1.29, 1.82) is 0 Å². The molecule has 0 aliphatic rings. The zero-order chi connectivity index (χ0) is 11.5. The number of aryl methyl sites for hydroxylation is 1. The zero-order valence-corrected chi connectivity index (χ0v) is 11.2. The summed E-state index contributed by atoms with van der Waals surface area (Å²) >= 11 is 3.51. The fraction of sp³-hybridized carbons (Fsp3) is 0.417. The van der Waals surface area contributed by atoms with Crippen molar-refractivity contribution in [3.63, 3.8) is 0 Å². The van der Waals surface area contributed by atoms with Gasteiger partial charge in [0.05, 0.1) is 15.6 Å². The third-order valence-corrected chi connectivity index (χ3v) is 4.75. The van der Waals surface area contributed by atoms with E-state index in [0.717, 1.165) is 18.7 Å². The number of thiophene rings is 1. The second kappa shape index (κ2) is 5.08. The molecule has 0 radical (unpaired) electrons. The van der Waals surface area contributed by atoms with Crippen molar-refractivity contribution in [3.05, 3.63) is 27.4 Å². The minimum atomic E-state index is 0.476. The molecule has 0 saturated carbocycles. The molecule has 0 aromatic carbocycles. The summed E-state index contributed by atoms with van der Waals surface area (Å²) in [6, 6.07) is 2.14. The summed E-state index contributed by atoms with van der Waals surface area (Å²) in [6.07, 6.45) is 1.01. The van der Waals surface area contributed by atoms with Gasteiger partial charge in [-0.15, -0.1) is 22.7 Å². The number of nitrogens with two attached hydrogens (primary N) is 1. The lowest BCUT2D eigenvalue weighted by Crippen LogP contribution is -2.04. The van der Waals surface area contributed by atoms with E-state index < -0.39 is 0 Å². The fourth-order valence-electron chi connectivity index (χ4n) is 1.63. The molecule has 1 unspecified atom stereocenters. The second-order valence-corrected chi connectivity index (χ2v) is 5.79. The molecule has 2 heterocycles. The average molecular weight is 252 g/mol. The predicted octanol–water partition coefficient (Wildman–Crippen LogP) is 3.63. The van der Waals surface area contributed by atoms with Gasteiger partial charge in [0.25, 0.3) is 0 Å². The highest BCUT2D eigenvalue weighted by molar-refractivity contribution is 7.14. The molecule has 0 saturated heterocycles. The number of rotatable bonds is 4. The summed E-state index contributed by atoms with van der Waals surface area (Å²) in [6.45, 7) is 5.05. The SMILES string of the molecule is Cc1ccsc1-c1csc(C(C)CCN)n1. The summed E-state index contributed by atoms with van der Waals surface area (Å²) in [5, 5.41) is 5.47. The molecular formula is C12H16N2S2. The lowest BCUT2D eigenvalue weighted by molar-refractivity contribution is 0.686. The van der Waals surface area contributed by atoms with Gasteiger partial charge in [-0.1, -0.05) is 6.92 Å². The molecule has 2 nitrogen and oxygen atoms in total. The lowest BCUT2D eigenvalue weighted by atomic mass is 10.1. The largest absolute Gasteiger partial charge is 0.330 e. The number of hydrogen-bond donors (Lipinski definition) is 1. The van der Waals surface area contributed by atoms with Gasteiger partial charge in [0.2, 0.25) is 0 Å². The van der Waals surface area contributed by atoms with E-state index in [9.17, 15) is 0 Å². The van der Waals surface area contributed by atoms with Crippen molar-refractivity contribution in [2.24, 2.45) is 5.73 Å². The Hall–Kier alpha value is -0.710. The molecular weight excluding hydrogens is 236 g/mol. The first-order valence-corrected chi connectivity index (χ1v) is 7.18. The quantitative estimate of drug-likeness (QED) is 0.902. The molecule has 0 fully saturated rings. The van der Waals surface area contributed by atoms with E-state index in [2.05, 4.69) is 30.7 Å². The van der Waals surface area contributed by atoms with E-state index in [4.69, 9.17) is 10.7 Å². The van der Waals surface area contributed by atoms with Crippen molar-refractivity contribution < 1.29 is 0 Å². The van der Waals surface area contributed by atoms with E-state index in [1.54, 1.807) is 22.7 Å². The van der Waals surface area contributed by atoms with Crippen LogP contribution >= 0.6 is 22.7 Å². The van der Waals surface area contributed by atoms with E-state index in [1.807, 2.05) is 0 Å². The molecule has 4 heteroatoms. The van der Waals surface area contributed by atoms with Crippen molar-refractivity contribution in [2.75, 3.05) is 6.54 Å². The number of aromatic nitrogens is 1. The lowest BCUT2D eigenvalue weighted by Gasteiger charge is -2.04. The number of thiazole rings is 1. The average Bonchev–Trinajstić information content (AvgIpc) is 2.86. The normalized spacial score (nSPS) is 12.9. The topological polar surface area (TPSA) is 38.9 Å². The van der Waals surface area contributed by atoms with Crippen molar-refractivity contribution in [1.82, 2.24) is 4.98 Å². The predicted molar refractivity (Wildman–Crippen MR) is 72.3 cm³/mol. The molecule has 0 bridgehead atoms. The van der Waals surface area contributed by atoms with Crippen LogP contribution in [-0.4, -0.2) is 11.5 Å². The van der Waals surface area contributed by atoms with Crippen molar-refractivity contribution >= 4 is 22.7 Å². The first-order valence-electron chi connectivity index (χ1n) is 5.42. The van der Waals surface area contributed by atoms with E-state index in [-0.39, 0.29) is 0 Å². The molecule has 86 valence electrons. The Kier molecular flexibility index (Phi) is 3.74. The number of nitrogens with zero attached hydrogens (tertiary/aromatic N) is 1. The molecule has 0 spiro atoms. The highest BCUT2D eigenvalue weighted by Crippen LogP contribution is 2.32. The minimum Gasteiger partial charge on any atom is -0.330 e. The summed E-state index contributed by atoms with van der Waals surface area (Å²) in [4.78, 5) is 6.00. The van der Waals surface area contributed by atoms with Crippen LogP contribution in [0.3, 0.4) is 0 Å². The Bertz CT molecular complexity index is 459. The summed E-state index contributed by atoms with van der Waals surface area (Å²) in [7, 11) is 0. The molecule has 1 atom stereocenters. The van der Waals surface area contributed by atoms with Gasteiger partial charge in [-0.05, 0) is 36.9 Å². The van der Waals surface area contributed by atoms with Gasteiger partial charge in [-0.3, -0.25) is 0 Å². The fourth-order valence-corrected chi connectivity index (χ4v) is 3.49. The van der Waals surface area contributed by atoms with Crippen LogP contribution in [-0.2, 0) is 0 Å². The van der Waals surface area contributed by atoms with Crippen LogP contribution in [0.15, 0.2) is 16.8 Å². The molecule has 2 aromatic rings. The van der Waals surface area contributed by atoms with E-state index in [0.29, 0.717) is 5.92 Å². The van der Waals surface area contributed by atoms with Crippen LogP contribution in [0.5, 0.6) is 0 Å². The van der Waals surface area contributed by atoms with Crippen molar-refractivity contribution in [3.8, 4) is 10.6 Å². The van der Waals surface area contributed by atoms with Gasteiger partial charge in [0.15, 0.2) is 0 Å². The Morgan fingerprint density at radius 2 is 2.25 bits per heavy atom. The Morgan fingerprint density at radius 3 is 2.88 bits per heavy atom. The smallest absolute Gasteiger partial charge is 0.0961 e. The molecule has 2 aromatic heterocycles. The molecule has 2 N–H and O–H groups in total. The van der Waals surface area contributed by atoms with Gasteiger partial charge in [0.1, 0.15) is 0 Å². The highest BCUT2D eigenvalue weighted by atomic mass is 32.1. The summed E-state index contributed by atoms with van der Waals surface area (Å²) in [5.74, 6) is 0.476. The Balaban J connectivity index is 2.23. The van der Waals surface area contributed by atoms with E-state index >= 15 is 0 Å². The monoisotopic (exact) mass is 252 g/mol. The van der Waals surface area contributed by atoms with Gasteiger partial charge in [-0.2, -0.15) is 0 Å². The summed E-state index contributed by atoms with van der Waals surface area (Å²) < 4.78 is 0. The van der Waals surface area contributed by atoms with Crippen LogP contribution in [0, 0.1) is 6.92 Å². The number of hydrogen-bond acceptors (Lipinski definition) is 4. The van der Waals surface area contributed by atoms with Crippen LogP contribution in [0.1, 0.15) is 29.8 Å². The third kappa shape index (κ3) is 2.34. The first-order chi connectivity index (χ1) is 7.72. The zero-order valence-electron chi connectivity index (χ0n) is 9.56. The minimum absolute atomic E-state index is 0.476. The third-order valence-electron chi connectivity index (χ3n) is 2.64. The van der Waals surface area contributed by atoms with Crippen LogP contribution in [0.4, 0.5) is 0 Å². The van der Waals surface area contributed by atoms with E-state index in [1.165, 1.54) is 15.4 Å². The van der Waals surface area contributed by atoms with Gasteiger partial charge >= 0.3 is 0 Å². The molecule has 16 heavy (non-hydrogen) atoms. The standard InChI is InChI=1S/C12H16N2S2/c1-8-4-6-15-11(8)10-7-16-12(14-10)9(2)3-5-13/h4,6-7,9H,3,5,13H2,1-2H3. The molecule has 2 rings (SSSR count). The maximum Gasteiger partial charge on any atom is 0.0961 e. The first kappa shape index (κ1) is 11.8. The van der Waals surface area contributed by atoms with Crippen LogP contribution in [0.25, 0.3) is 10.6 Å². The summed E-state index contributed by atoms with van der Waals surface area (Å²) in [5.41, 5.74) is 8.01. The van der Waals surface area contributed by atoms with Crippen LogP contribution < -0.4 is 5.73 Å². The van der Waals surface area contributed by atoms with Crippen molar-refractivity contribution in [2.45, 2.75) is 26.2 Å². The molecule has 0 aliphatic carbocycles. The maximum absolute atomic E-state index is 5.57. The maximum atomic E-state index is 5.57.